The molecule has 0 aromatic carbocycles. The average Bonchev–Trinajstić information content (AvgIpc) is 2.28. The van der Waals surface area contributed by atoms with Crippen LogP contribution in [-0.4, -0.2) is 37.0 Å². The Balaban J connectivity index is 1.84. The number of rotatable bonds is 3. The molecule has 0 radical (unpaired) electrons. The first-order valence-electron chi connectivity index (χ1n) is 6.70. The Kier molecular flexibility index (Phi) is 3.53. The van der Waals surface area contributed by atoms with Crippen molar-refractivity contribution in [3.05, 3.63) is 0 Å². The molecule has 92 valence electrons. The number of nitrogens with zero attached hydrogens (tertiary/aromatic N) is 1. The second kappa shape index (κ2) is 4.74. The zero-order valence-electron chi connectivity index (χ0n) is 10.6. The second-order valence-corrected chi connectivity index (χ2v) is 5.46. The quantitative estimate of drug-likeness (QED) is 0.790. The summed E-state index contributed by atoms with van der Waals surface area (Å²) >= 11 is 0. The molecule has 2 heterocycles. The van der Waals surface area contributed by atoms with E-state index in [0.717, 1.165) is 39.0 Å². The number of carbonyl (C=O) groups is 1. The van der Waals surface area contributed by atoms with Gasteiger partial charge in [0.1, 0.15) is 0 Å². The highest BCUT2D eigenvalue weighted by molar-refractivity contribution is 5.79. The van der Waals surface area contributed by atoms with E-state index < -0.39 is 0 Å². The maximum absolute atomic E-state index is 12.1. The summed E-state index contributed by atoms with van der Waals surface area (Å²) in [6, 6.07) is 0. The van der Waals surface area contributed by atoms with Gasteiger partial charge in [-0.15, -0.1) is 0 Å². The third-order valence-corrected chi connectivity index (χ3v) is 4.36. The Hall–Kier alpha value is -0.570. The van der Waals surface area contributed by atoms with Crippen molar-refractivity contribution in [2.24, 2.45) is 11.3 Å². The predicted molar refractivity (Wildman–Crippen MR) is 65.2 cm³/mol. The first-order chi connectivity index (χ1) is 7.71. The standard InChI is InChI=1S/C13H24N2O/c1-3-11(4-2)12(16)15-9-13(10-15)5-7-14-8-6-13/h11,14H,3-10H2,1-2H3. The first kappa shape index (κ1) is 11.9. The van der Waals surface area contributed by atoms with Gasteiger partial charge in [0, 0.05) is 24.4 Å². The highest BCUT2D eigenvalue weighted by Gasteiger charge is 2.45. The van der Waals surface area contributed by atoms with Crippen LogP contribution in [-0.2, 0) is 4.79 Å². The van der Waals surface area contributed by atoms with Crippen molar-refractivity contribution in [2.45, 2.75) is 39.5 Å². The van der Waals surface area contributed by atoms with Crippen LogP contribution in [0.15, 0.2) is 0 Å². The fourth-order valence-electron chi connectivity index (χ4n) is 3.09. The molecular formula is C13H24N2O. The van der Waals surface area contributed by atoms with Crippen LogP contribution >= 0.6 is 0 Å². The van der Waals surface area contributed by atoms with Crippen molar-refractivity contribution >= 4 is 5.91 Å². The smallest absolute Gasteiger partial charge is 0.225 e. The van der Waals surface area contributed by atoms with Gasteiger partial charge in [-0.2, -0.15) is 0 Å². The fraction of sp³-hybridized carbons (Fsp3) is 0.923. The van der Waals surface area contributed by atoms with Crippen LogP contribution in [0, 0.1) is 11.3 Å². The van der Waals surface area contributed by atoms with Crippen LogP contribution < -0.4 is 5.32 Å². The van der Waals surface area contributed by atoms with E-state index in [1.54, 1.807) is 0 Å². The predicted octanol–water partition coefficient (Wildman–Crippen LogP) is 1.63. The minimum absolute atomic E-state index is 0.263. The number of piperidine rings is 1. The van der Waals surface area contributed by atoms with Gasteiger partial charge in [-0.1, -0.05) is 13.8 Å². The van der Waals surface area contributed by atoms with Crippen LogP contribution in [0.2, 0.25) is 0 Å². The Morgan fingerprint density at radius 2 is 1.81 bits per heavy atom. The van der Waals surface area contributed by atoms with Crippen LogP contribution in [0.3, 0.4) is 0 Å². The van der Waals surface area contributed by atoms with Gasteiger partial charge in [-0.25, -0.2) is 0 Å². The molecule has 2 saturated heterocycles. The molecular weight excluding hydrogens is 200 g/mol. The number of carbonyl (C=O) groups excluding carboxylic acids is 1. The van der Waals surface area contributed by atoms with Gasteiger partial charge in [-0.05, 0) is 38.8 Å². The van der Waals surface area contributed by atoms with E-state index >= 15 is 0 Å². The summed E-state index contributed by atoms with van der Waals surface area (Å²) in [5.41, 5.74) is 0.479. The maximum Gasteiger partial charge on any atom is 0.225 e. The lowest BCUT2D eigenvalue weighted by Crippen LogP contribution is -2.62. The van der Waals surface area contributed by atoms with E-state index in [-0.39, 0.29) is 5.92 Å². The Morgan fingerprint density at radius 1 is 1.25 bits per heavy atom. The van der Waals surface area contributed by atoms with E-state index in [0.29, 0.717) is 11.3 Å². The summed E-state index contributed by atoms with van der Waals surface area (Å²) in [7, 11) is 0. The molecule has 0 aliphatic carbocycles. The second-order valence-electron chi connectivity index (χ2n) is 5.46. The third-order valence-electron chi connectivity index (χ3n) is 4.36. The first-order valence-corrected chi connectivity index (χ1v) is 6.70. The Morgan fingerprint density at radius 3 is 2.31 bits per heavy atom. The van der Waals surface area contributed by atoms with Crippen molar-refractivity contribution in [1.82, 2.24) is 10.2 Å². The molecule has 0 bridgehead atoms. The largest absolute Gasteiger partial charge is 0.341 e. The van der Waals surface area contributed by atoms with Gasteiger partial charge in [0.15, 0.2) is 0 Å². The molecule has 1 spiro atoms. The Bertz CT molecular complexity index is 247. The molecule has 0 aromatic rings. The normalized spacial score (nSPS) is 23.6. The molecule has 3 heteroatoms. The molecule has 0 atom stereocenters. The summed E-state index contributed by atoms with van der Waals surface area (Å²) in [6.45, 7) is 8.53. The van der Waals surface area contributed by atoms with Gasteiger partial charge >= 0.3 is 0 Å². The lowest BCUT2D eigenvalue weighted by Gasteiger charge is -2.53. The molecule has 0 saturated carbocycles. The summed E-state index contributed by atoms with van der Waals surface area (Å²) < 4.78 is 0. The molecule has 0 unspecified atom stereocenters. The number of nitrogens with one attached hydrogen (secondary N) is 1. The van der Waals surface area contributed by atoms with Gasteiger partial charge in [0.2, 0.25) is 5.91 Å². The van der Waals surface area contributed by atoms with Crippen LogP contribution in [0.1, 0.15) is 39.5 Å². The van der Waals surface area contributed by atoms with Crippen LogP contribution in [0.4, 0.5) is 0 Å². The van der Waals surface area contributed by atoms with E-state index in [4.69, 9.17) is 0 Å². The van der Waals surface area contributed by atoms with Crippen molar-refractivity contribution in [3.8, 4) is 0 Å². The molecule has 0 aromatic heterocycles. The highest BCUT2D eigenvalue weighted by Crippen LogP contribution is 2.39. The van der Waals surface area contributed by atoms with E-state index in [9.17, 15) is 4.79 Å². The zero-order chi connectivity index (χ0) is 11.6. The summed E-state index contributed by atoms with van der Waals surface area (Å²) in [5.74, 6) is 0.660. The third kappa shape index (κ3) is 2.10. The minimum Gasteiger partial charge on any atom is -0.341 e. The minimum atomic E-state index is 0.263. The van der Waals surface area contributed by atoms with E-state index in [2.05, 4.69) is 24.1 Å². The topological polar surface area (TPSA) is 32.3 Å². The summed E-state index contributed by atoms with van der Waals surface area (Å²) in [6.07, 6.45) is 4.47. The maximum atomic E-state index is 12.1. The summed E-state index contributed by atoms with van der Waals surface area (Å²) in [5, 5.41) is 3.39. The van der Waals surface area contributed by atoms with Crippen molar-refractivity contribution in [2.75, 3.05) is 26.2 Å². The van der Waals surface area contributed by atoms with Gasteiger partial charge in [-0.3, -0.25) is 4.79 Å². The van der Waals surface area contributed by atoms with Crippen molar-refractivity contribution < 1.29 is 4.79 Å². The monoisotopic (exact) mass is 224 g/mol. The van der Waals surface area contributed by atoms with E-state index in [1.165, 1.54) is 12.8 Å². The number of amides is 1. The number of likely N-dealkylation sites (tertiary alicyclic amines) is 1. The molecule has 2 aliphatic heterocycles. The zero-order valence-corrected chi connectivity index (χ0v) is 10.6. The number of hydrogen-bond acceptors (Lipinski definition) is 2. The lowest BCUT2D eigenvalue weighted by molar-refractivity contribution is -0.150. The average molecular weight is 224 g/mol. The van der Waals surface area contributed by atoms with Gasteiger partial charge < -0.3 is 10.2 Å². The molecule has 2 aliphatic rings. The molecule has 2 fully saturated rings. The van der Waals surface area contributed by atoms with Gasteiger partial charge in [0.05, 0.1) is 0 Å². The van der Waals surface area contributed by atoms with Crippen molar-refractivity contribution in [3.63, 3.8) is 0 Å². The van der Waals surface area contributed by atoms with Crippen molar-refractivity contribution in [1.29, 1.82) is 0 Å². The SMILES string of the molecule is CCC(CC)C(=O)N1CC2(CCNCC2)C1. The van der Waals surface area contributed by atoms with Gasteiger partial charge in [0.25, 0.3) is 0 Å². The lowest BCUT2D eigenvalue weighted by atomic mass is 9.72. The molecule has 1 amide bonds. The Labute approximate surface area is 98.6 Å². The molecule has 2 rings (SSSR count). The fourth-order valence-corrected chi connectivity index (χ4v) is 3.09. The molecule has 3 nitrogen and oxygen atoms in total. The number of hydrogen-bond donors (Lipinski definition) is 1. The molecule has 1 N–H and O–H groups in total. The highest BCUT2D eigenvalue weighted by atomic mass is 16.2. The van der Waals surface area contributed by atoms with Crippen LogP contribution in [0.5, 0.6) is 0 Å². The van der Waals surface area contributed by atoms with E-state index in [1.807, 2.05) is 0 Å². The summed E-state index contributed by atoms with van der Waals surface area (Å²) in [4.78, 5) is 14.2. The van der Waals surface area contributed by atoms with Crippen LogP contribution in [0.25, 0.3) is 0 Å². The molecule has 16 heavy (non-hydrogen) atoms.